The van der Waals surface area contributed by atoms with Crippen LogP contribution in [-0.4, -0.2) is 25.8 Å². The molecule has 152 valence electrons. The van der Waals surface area contributed by atoms with E-state index in [-0.39, 0.29) is 6.42 Å². The van der Waals surface area contributed by atoms with Crippen LogP contribution in [0.1, 0.15) is 29.1 Å². The number of aryl methyl sites for hydroxylation is 1. The van der Waals surface area contributed by atoms with Crippen LogP contribution in [-0.2, 0) is 4.79 Å². The lowest BCUT2D eigenvalue weighted by molar-refractivity contribution is -0.136. The van der Waals surface area contributed by atoms with Crippen LogP contribution >= 0.6 is 34.5 Å². The number of carboxylic acid groups (broad SMARTS) is 1. The summed E-state index contributed by atoms with van der Waals surface area (Å²) >= 11 is 14.3. The Morgan fingerprint density at radius 2 is 1.97 bits per heavy atom. The summed E-state index contributed by atoms with van der Waals surface area (Å²) in [5.74, 6) is -0.862. The zero-order valence-electron chi connectivity index (χ0n) is 16.0. The first-order chi connectivity index (χ1) is 14.4. The molecule has 0 saturated heterocycles. The highest BCUT2D eigenvalue weighted by molar-refractivity contribution is 7.19. The van der Waals surface area contributed by atoms with Gasteiger partial charge in [-0.05, 0) is 55.3 Å². The highest BCUT2D eigenvalue weighted by atomic mass is 35.5. The van der Waals surface area contributed by atoms with Crippen molar-refractivity contribution in [3.8, 4) is 5.69 Å². The third-order valence-electron chi connectivity index (χ3n) is 4.60. The van der Waals surface area contributed by atoms with E-state index in [1.165, 1.54) is 11.3 Å². The summed E-state index contributed by atoms with van der Waals surface area (Å²) in [7, 11) is 0. The molecule has 0 bridgehead atoms. The van der Waals surface area contributed by atoms with Crippen molar-refractivity contribution in [2.45, 2.75) is 19.8 Å². The van der Waals surface area contributed by atoms with Crippen LogP contribution in [0.15, 0.2) is 48.5 Å². The first kappa shape index (κ1) is 20.6. The summed E-state index contributed by atoms with van der Waals surface area (Å²) in [6.07, 6.45) is 2.24. The van der Waals surface area contributed by atoms with Gasteiger partial charge in [-0.15, -0.1) is 11.3 Å². The monoisotopic (exact) mass is 457 g/mol. The van der Waals surface area contributed by atoms with Crippen molar-refractivity contribution in [2.75, 3.05) is 0 Å². The minimum Gasteiger partial charge on any atom is -0.481 e. The van der Waals surface area contributed by atoms with Gasteiger partial charge in [0.15, 0.2) is 0 Å². The maximum Gasteiger partial charge on any atom is 0.303 e. The number of rotatable bonds is 6. The number of nitrogens with zero attached hydrogens (tertiary/aromatic N) is 3. The number of thiazole rings is 1. The molecule has 0 radical (unpaired) electrons. The Morgan fingerprint density at radius 3 is 2.70 bits per heavy atom. The highest BCUT2D eigenvalue weighted by Crippen LogP contribution is 2.34. The predicted molar refractivity (Wildman–Crippen MR) is 123 cm³/mol. The summed E-state index contributed by atoms with van der Waals surface area (Å²) in [4.78, 5) is 15.9. The first-order valence-corrected chi connectivity index (χ1v) is 10.8. The zero-order valence-corrected chi connectivity index (χ0v) is 18.3. The van der Waals surface area contributed by atoms with E-state index in [2.05, 4.69) is 5.10 Å². The number of aromatic nitrogens is 3. The molecule has 0 spiro atoms. The van der Waals surface area contributed by atoms with Crippen molar-refractivity contribution in [3.63, 3.8) is 0 Å². The van der Waals surface area contributed by atoms with Crippen LogP contribution in [0.4, 0.5) is 0 Å². The third kappa shape index (κ3) is 4.26. The van der Waals surface area contributed by atoms with Crippen molar-refractivity contribution >= 4 is 62.4 Å². The van der Waals surface area contributed by atoms with E-state index < -0.39 is 5.97 Å². The van der Waals surface area contributed by atoms with Crippen molar-refractivity contribution in [1.82, 2.24) is 14.8 Å². The Bertz CT molecular complexity index is 1240. The van der Waals surface area contributed by atoms with Gasteiger partial charge >= 0.3 is 5.97 Å². The SMILES string of the molecule is Cc1nn(-c2cccc(Cl)c2)c(Cl)c1/C=C(/CCC(=O)O)c1nc2ccccc2s1. The van der Waals surface area contributed by atoms with Gasteiger partial charge in [-0.3, -0.25) is 4.79 Å². The number of hydrogen-bond acceptors (Lipinski definition) is 4. The second-order valence-electron chi connectivity index (χ2n) is 6.73. The number of para-hydroxylation sites is 1. The van der Waals surface area contributed by atoms with Crippen molar-refractivity contribution in [1.29, 1.82) is 0 Å². The quantitative estimate of drug-likeness (QED) is 0.358. The number of benzene rings is 2. The fourth-order valence-corrected chi connectivity index (χ4v) is 4.64. The molecule has 0 unspecified atom stereocenters. The number of hydrogen-bond donors (Lipinski definition) is 1. The second-order valence-corrected chi connectivity index (χ2v) is 8.56. The maximum atomic E-state index is 11.2. The highest BCUT2D eigenvalue weighted by Gasteiger charge is 2.17. The Labute approximate surface area is 187 Å². The standard InChI is InChI=1S/C22H17Cl2N3O2S/c1-13-17(21(24)27(26-13)16-6-4-5-15(23)12-16)11-14(9-10-20(28)29)22-25-18-7-2-3-8-19(18)30-22/h2-8,11-12H,9-10H2,1H3,(H,28,29)/b14-11-. The van der Waals surface area contributed by atoms with Gasteiger partial charge in [0.2, 0.25) is 0 Å². The third-order valence-corrected chi connectivity index (χ3v) is 6.31. The van der Waals surface area contributed by atoms with E-state index in [0.717, 1.165) is 37.7 Å². The molecule has 30 heavy (non-hydrogen) atoms. The van der Waals surface area contributed by atoms with Gasteiger partial charge in [-0.2, -0.15) is 5.10 Å². The van der Waals surface area contributed by atoms with E-state index in [1.807, 2.05) is 49.4 Å². The average molecular weight is 458 g/mol. The van der Waals surface area contributed by atoms with Gasteiger partial charge in [0.1, 0.15) is 10.2 Å². The molecule has 2 aromatic heterocycles. The van der Waals surface area contributed by atoms with E-state index in [1.54, 1.807) is 16.8 Å². The molecule has 1 N–H and O–H groups in total. The number of allylic oxidation sites excluding steroid dienone is 1. The summed E-state index contributed by atoms with van der Waals surface area (Å²) in [5.41, 5.74) is 3.91. The van der Waals surface area contributed by atoms with E-state index in [4.69, 9.17) is 28.2 Å². The lowest BCUT2D eigenvalue weighted by Gasteiger charge is -2.05. The van der Waals surface area contributed by atoms with Crippen molar-refractivity contribution in [3.05, 3.63) is 75.0 Å². The van der Waals surface area contributed by atoms with E-state index >= 15 is 0 Å². The number of carboxylic acids is 1. The zero-order chi connectivity index (χ0) is 21.3. The molecule has 0 fully saturated rings. The largest absolute Gasteiger partial charge is 0.481 e. The van der Waals surface area contributed by atoms with E-state index in [9.17, 15) is 9.90 Å². The molecule has 0 atom stereocenters. The average Bonchev–Trinajstić information content (AvgIpc) is 3.26. The molecule has 4 aromatic rings. The van der Waals surface area contributed by atoms with Crippen LogP contribution < -0.4 is 0 Å². The number of carbonyl (C=O) groups is 1. The molecule has 0 aliphatic rings. The van der Waals surface area contributed by atoms with Crippen LogP contribution in [0.2, 0.25) is 10.2 Å². The fourth-order valence-electron chi connectivity index (χ4n) is 3.12. The maximum absolute atomic E-state index is 11.2. The van der Waals surface area contributed by atoms with Gasteiger partial charge < -0.3 is 5.11 Å². The molecule has 0 saturated carbocycles. The first-order valence-electron chi connectivity index (χ1n) is 9.22. The molecule has 0 amide bonds. The number of halogens is 2. The molecule has 2 heterocycles. The Morgan fingerprint density at radius 1 is 1.17 bits per heavy atom. The summed E-state index contributed by atoms with van der Waals surface area (Å²) in [5, 5.41) is 15.6. The number of fused-ring (bicyclic) bond motifs is 1. The van der Waals surface area contributed by atoms with Gasteiger partial charge in [0, 0.05) is 17.0 Å². The molecule has 5 nitrogen and oxygen atoms in total. The molecule has 4 rings (SSSR count). The predicted octanol–water partition coefficient (Wildman–Crippen LogP) is 6.50. The summed E-state index contributed by atoms with van der Waals surface area (Å²) in [6, 6.07) is 15.1. The van der Waals surface area contributed by atoms with Crippen molar-refractivity contribution < 1.29 is 9.90 Å². The van der Waals surface area contributed by atoms with Gasteiger partial charge in [0.05, 0.1) is 21.6 Å². The summed E-state index contributed by atoms with van der Waals surface area (Å²) < 4.78 is 2.67. The number of aliphatic carboxylic acids is 1. The minimum atomic E-state index is -0.862. The smallest absolute Gasteiger partial charge is 0.303 e. The molecule has 8 heteroatoms. The van der Waals surface area contributed by atoms with Gasteiger partial charge in [0.25, 0.3) is 0 Å². The topological polar surface area (TPSA) is 68.0 Å². The van der Waals surface area contributed by atoms with Crippen LogP contribution in [0.25, 0.3) is 27.6 Å². The summed E-state index contributed by atoms with van der Waals surface area (Å²) in [6.45, 7) is 1.87. The van der Waals surface area contributed by atoms with Crippen LogP contribution in [0.3, 0.4) is 0 Å². The lowest BCUT2D eigenvalue weighted by atomic mass is 10.1. The Balaban J connectivity index is 1.81. The minimum absolute atomic E-state index is 0.000849. The second kappa shape index (κ2) is 8.60. The van der Waals surface area contributed by atoms with Gasteiger partial charge in [-0.25, -0.2) is 9.67 Å². The van der Waals surface area contributed by atoms with Crippen molar-refractivity contribution in [2.24, 2.45) is 0 Å². The Kier molecular flexibility index (Phi) is 5.90. The molecular weight excluding hydrogens is 441 g/mol. The lowest BCUT2D eigenvalue weighted by Crippen LogP contribution is -1.96. The molecular formula is C22H17Cl2N3O2S. The molecule has 0 aliphatic carbocycles. The van der Waals surface area contributed by atoms with Gasteiger partial charge in [-0.1, -0.05) is 41.4 Å². The fraction of sp³-hybridized carbons (Fsp3) is 0.136. The normalized spacial score (nSPS) is 11.9. The van der Waals surface area contributed by atoms with E-state index in [0.29, 0.717) is 16.6 Å². The molecule has 2 aromatic carbocycles. The van der Waals surface area contributed by atoms with Crippen LogP contribution in [0.5, 0.6) is 0 Å². The van der Waals surface area contributed by atoms with Crippen LogP contribution in [0, 0.1) is 6.92 Å². The Hall–Kier alpha value is -2.67. The molecule has 0 aliphatic heterocycles.